The predicted molar refractivity (Wildman–Crippen MR) is 67.1 cm³/mol. The maximum Gasteiger partial charge on any atom is 0.276 e. The van der Waals surface area contributed by atoms with Crippen molar-refractivity contribution in [2.24, 2.45) is 5.73 Å². The van der Waals surface area contributed by atoms with Crippen LogP contribution in [0.25, 0.3) is 0 Å². The van der Waals surface area contributed by atoms with Crippen molar-refractivity contribution < 1.29 is 9.53 Å². The summed E-state index contributed by atoms with van der Waals surface area (Å²) in [6, 6.07) is 2.01. The highest BCUT2D eigenvalue weighted by atomic mass is 16.5. The molecule has 8 nitrogen and oxygen atoms in total. The third-order valence-electron chi connectivity index (χ3n) is 2.46. The third-order valence-corrected chi connectivity index (χ3v) is 2.46. The number of hydrogen-bond acceptors (Lipinski definition) is 6. The minimum Gasteiger partial charge on any atom is -0.383 e. The molecular formula is C11H18N6O2. The lowest BCUT2D eigenvalue weighted by atomic mass is 10.3. The van der Waals surface area contributed by atoms with Crippen LogP contribution in [0.1, 0.15) is 16.9 Å². The zero-order chi connectivity index (χ0) is 14.1. The number of rotatable bonds is 8. The lowest BCUT2D eigenvalue weighted by Crippen LogP contribution is -2.35. The molecule has 0 aliphatic rings. The van der Waals surface area contributed by atoms with Crippen LogP contribution in [0.15, 0.2) is 6.20 Å². The number of aromatic nitrogens is 3. The molecule has 2 N–H and O–H groups in total. The summed E-state index contributed by atoms with van der Waals surface area (Å²) < 4.78 is 6.47. The number of nitriles is 1. The summed E-state index contributed by atoms with van der Waals surface area (Å²) in [5, 5.41) is 16.2. The third kappa shape index (κ3) is 4.65. The van der Waals surface area contributed by atoms with Crippen molar-refractivity contribution in [3.8, 4) is 6.07 Å². The fourth-order valence-electron chi connectivity index (χ4n) is 1.50. The molecule has 0 unspecified atom stereocenters. The number of nitrogens with two attached hydrogens (primary N) is 1. The van der Waals surface area contributed by atoms with Crippen molar-refractivity contribution in [3.63, 3.8) is 0 Å². The molecule has 0 spiro atoms. The zero-order valence-corrected chi connectivity index (χ0v) is 10.9. The second kappa shape index (κ2) is 8.18. The number of ether oxygens (including phenoxy) is 1. The Balaban J connectivity index is 2.70. The van der Waals surface area contributed by atoms with Gasteiger partial charge < -0.3 is 15.4 Å². The van der Waals surface area contributed by atoms with Gasteiger partial charge in [-0.2, -0.15) is 5.26 Å². The minimum atomic E-state index is -0.254. The molecule has 8 heteroatoms. The van der Waals surface area contributed by atoms with Crippen molar-refractivity contribution >= 4 is 5.91 Å². The van der Waals surface area contributed by atoms with Crippen LogP contribution in [0.2, 0.25) is 0 Å². The number of carbonyl (C=O) groups is 1. The molecule has 0 aliphatic heterocycles. The van der Waals surface area contributed by atoms with E-state index in [1.807, 2.05) is 6.07 Å². The van der Waals surface area contributed by atoms with Crippen LogP contribution in [-0.4, -0.2) is 59.2 Å². The highest BCUT2D eigenvalue weighted by Crippen LogP contribution is 2.02. The molecule has 1 aromatic rings. The Labute approximate surface area is 111 Å². The first kappa shape index (κ1) is 15.1. The van der Waals surface area contributed by atoms with Gasteiger partial charge in [0, 0.05) is 26.7 Å². The highest BCUT2D eigenvalue weighted by molar-refractivity contribution is 5.91. The zero-order valence-electron chi connectivity index (χ0n) is 10.9. The summed E-state index contributed by atoms with van der Waals surface area (Å²) in [4.78, 5) is 13.7. The van der Waals surface area contributed by atoms with Gasteiger partial charge in [-0.25, -0.2) is 0 Å². The summed E-state index contributed by atoms with van der Waals surface area (Å²) in [6.07, 6.45) is 1.83. The Bertz CT molecular complexity index is 439. The van der Waals surface area contributed by atoms with Crippen molar-refractivity contribution in [2.75, 3.05) is 33.4 Å². The maximum atomic E-state index is 12.2. The van der Waals surface area contributed by atoms with E-state index in [9.17, 15) is 4.79 Å². The van der Waals surface area contributed by atoms with E-state index < -0.39 is 0 Å². The van der Waals surface area contributed by atoms with Crippen LogP contribution in [0.5, 0.6) is 0 Å². The molecule has 0 saturated carbocycles. The van der Waals surface area contributed by atoms with Crippen molar-refractivity contribution in [3.05, 3.63) is 11.9 Å². The van der Waals surface area contributed by atoms with E-state index in [4.69, 9.17) is 15.7 Å². The van der Waals surface area contributed by atoms with Crippen molar-refractivity contribution in [1.82, 2.24) is 19.9 Å². The van der Waals surface area contributed by atoms with Crippen LogP contribution >= 0.6 is 0 Å². The van der Waals surface area contributed by atoms with E-state index in [2.05, 4.69) is 10.3 Å². The van der Waals surface area contributed by atoms with Gasteiger partial charge in [0.2, 0.25) is 0 Å². The number of amides is 1. The van der Waals surface area contributed by atoms with Gasteiger partial charge in [-0.1, -0.05) is 5.21 Å². The fourth-order valence-corrected chi connectivity index (χ4v) is 1.50. The molecule has 0 bridgehead atoms. The molecule has 0 atom stereocenters. The highest BCUT2D eigenvalue weighted by Gasteiger charge is 2.18. The van der Waals surface area contributed by atoms with E-state index in [0.29, 0.717) is 32.8 Å². The minimum absolute atomic E-state index is 0.252. The molecule has 104 valence electrons. The first-order valence-electron chi connectivity index (χ1n) is 5.98. The van der Waals surface area contributed by atoms with Gasteiger partial charge in [-0.15, -0.1) is 5.10 Å². The Kier molecular flexibility index (Phi) is 6.49. The van der Waals surface area contributed by atoms with Gasteiger partial charge >= 0.3 is 0 Å². The molecule has 1 heterocycles. The number of methoxy groups -OCH3 is 1. The molecule has 0 aliphatic carbocycles. The molecule has 1 rings (SSSR count). The normalized spacial score (nSPS) is 10.2. The van der Waals surface area contributed by atoms with Crippen LogP contribution in [0.4, 0.5) is 0 Å². The summed E-state index contributed by atoms with van der Waals surface area (Å²) in [7, 11) is 1.56. The molecule has 1 amide bonds. The van der Waals surface area contributed by atoms with Crippen molar-refractivity contribution in [2.45, 2.75) is 13.0 Å². The molecule has 0 fully saturated rings. The van der Waals surface area contributed by atoms with Crippen molar-refractivity contribution in [1.29, 1.82) is 5.26 Å². The van der Waals surface area contributed by atoms with Gasteiger partial charge in [0.25, 0.3) is 5.91 Å². The molecule has 0 saturated heterocycles. The van der Waals surface area contributed by atoms with Gasteiger partial charge in [0.15, 0.2) is 5.69 Å². The van der Waals surface area contributed by atoms with E-state index in [-0.39, 0.29) is 18.0 Å². The molecular weight excluding hydrogens is 248 g/mol. The first-order valence-corrected chi connectivity index (χ1v) is 5.98. The predicted octanol–water partition coefficient (Wildman–Crippen LogP) is -0.761. The van der Waals surface area contributed by atoms with E-state index >= 15 is 0 Å². The van der Waals surface area contributed by atoms with Crippen LogP contribution in [-0.2, 0) is 11.3 Å². The second-order valence-electron chi connectivity index (χ2n) is 3.85. The van der Waals surface area contributed by atoms with Gasteiger partial charge in [0.05, 0.1) is 31.8 Å². The van der Waals surface area contributed by atoms with E-state index in [1.165, 1.54) is 9.58 Å². The number of carbonyl (C=O) groups excluding carboxylic acids is 1. The Morgan fingerprint density at radius 2 is 2.42 bits per heavy atom. The smallest absolute Gasteiger partial charge is 0.276 e. The first-order chi connectivity index (χ1) is 9.22. The number of nitrogens with zero attached hydrogens (tertiary/aromatic N) is 5. The van der Waals surface area contributed by atoms with Gasteiger partial charge in [-0.05, 0) is 0 Å². The average molecular weight is 266 g/mol. The Hall–Kier alpha value is -1.98. The molecule has 0 radical (unpaired) electrons. The Morgan fingerprint density at radius 1 is 1.63 bits per heavy atom. The summed E-state index contributed by atoms with van der Waals surface area (Å²) in [6.45, 7) is 2.12. The SMILES string of the molecule is COCCN(CCC#N)C(=O)c1cn(CCN)nn1. The molecule has 19 heavy (non-hydrogen) atoms. The summed E-state index contributed by atoms with van der Waals surface area (Å²) in [5.41, 5.74) is 5.65. The molecule has 1 aromatic heterocycles. The Morgan fingerprint density at radius 3 is 3.05 bits per heavy atom. The topological polar surface area (TPSA) is 110 Å². The standard InChI is InChI=1S/C11H18N6O2/c1-19-8-7-16(5-2-3-12)11(18)10-9-17(6-4-13)15-14-10/h9H,2,4-8,13H2,1H3. The maximum absolute atomic E-state index is 12.2. The monoisotopic (exact) mass is 266 g/mol. The fraction of sp³-hybridized carbons (Fsp3) is 0.636. The average Bonchev–Trinajstić information content (AvgIpc) is 2.87. The van der Waals surface area contributed by atoms with Crippen LogP contribution in [0.3, 0.4) is 0 Å². The second-order valence-corrected chi connectivity index (χ2v) is 3.85. The summed E-state index contributed by atoms with van der Waals surface area (Å²) in [5.74, 6) is -0.254. The largest absolute Gasteiger partial charge is 0.383 e. The summed E-state index contributed by atoms with van der Waals surface area (Å²) >= 11 is 0. The van der Waals surface area contributed by atoms with E-state index in [0.717, 1.165) is 0 Å². The van der Waals surface area contributed by atoms with Crippen LogP contribution < -0.4 is 5.73 Å². The van der Waals surface area contributed by atoms with Crippen LogP contribution in [0, 0.1) is 11.3 Å². The van der Waals surface area contributed by atoms with E-state index in [1.54, 1.807) is 13.3 Å². The number of hydrogen-bond donors (Lipinski definition) is 1. The lowest BCUT2D eigenvalue weighted by Gasteiger charge is -2.19. The van der Waals surface area contributed by atoms with Gasteiger partial charge in [-0.3, -0.25) is 9.48 Å². The molecule has 0 aromatic carbocycles. The lowest BCUT2D eigenvalue weighted by molar-refractivity contribution is 0.0694. The quantitative estimate of drug-likeness (QED) is 0.662. The van der Waals surface area contributed by atoms with Gasteiger partial charge in [0.1, 0.15) is 0 Å².